The average molecular weight is 725 g/mol. The third-order valence-corrected chi connectivity index (χ3v) is 8.58. The molecule has 3 heterocycles. The van der Waals surface area contributed by atoms with E-state index in [2.05, 4.69) is 20.3 Å². The highest BCUT2D eigenvalue weighted by molar-refractivity contribution is 5.87. The van der Waals surface area contributed by atoms with E-state index in [1.165, 1.54) is 18.7 Å². The molecule has 0 radical (unpaired) electrons. The number of rotatable bonds is 13. The summed E-state index contributed by atoms with van der Waals surface area (Å²) in [7, 11) is 0. The van der Waals surface area contributed by atoms with E-state index in [4.69, 9.17) is 18.9 Å². The zero-order valence-corrected chi connectivity index (χ0v) is 29.6. The Bertz CT molecular complexity index is 2070. The van der Waals surface area contributed by atoms with Crippen LogP contribution in [-0.2, 0) is 19.0 Å². The van der Waals surface area contributed by atoms with E-state index in [1.54, 1.807) is 54.0 Å². The fourth-order valence-corrected chi connectivity index (χ4v) is 6.05. The summed E-state index contributed by atoms with van der Waals surface area (Å²) in [5, 5.41) is 26.4. The van der Waals surface area contributed by atoms with Gasteiger partial charge in [-0.25, -0.2) is 19.7 Å². The monoisotopic (exact) mass is 724 g/mol. The van der Waals surface area contributed by atoms with Crippen LogP contribution in [0.3, 0.4) is 0 Å². The van der Waals surface area contributed by atoms with E-state index >= 15 is 0 Å². The molecular weight excluding hydrogens is 684 g/mol. The number of aromatic nitrogens is 4. The molecule has 5 atom stereocenters. The summed E-state index contributed by atoms with van der Waals surface area (Å²) < 4.78 is 24.5. The second kappa shape index (κ2) is 15.8. The molecule has 0 aliphatic carbocycles. The molecule has 3 aromatic carbocycles. The molecule has 53 heavy (non-hydrogen) atoms. The predicted octanol–water partition coefficient (Wildman–Crippen LogP) is 6.23. The molecule has 2 N–H and O–H groups in total. The number of hydrogen-bond acceptors (Lipinski definition) is 13. The van der Waals surface area contributed by atoms with E-state index in [0.717, 1.165) is 11.1 Å². The van der Waals surface area contributed by atoms with Gasteiger partial charge in [0, 0.05) is 29.5 Å². The van der Waals surface area contributed by atoms with Crippen LogP contribution >= 0.6 is 0 Å². The van der Waals surface area contributed by atoms with Crippen LogP contribution in [0, 0.1) is 10.1 Å². The maximum atomic E-state index is 13.6. The molecule has 0 spiro atoms. The maximum absolute atomic E-state index is 13.6. The number of nitrogens with one attached hydrogen (secondary N) is 1. The Morgan fingerprint density at radius 1 is 1.04 bits per heavy atom. The molecule has 2 unspecified atom stereocenters. The minimum Gasteiger partial charge on any atom is -0.486 e. The van der Waals surface area contributed by atoms with Crippen molar-refractivity contribution in [1.29, 1.82) is 0 Å². The van der Waals surface area contributed by atoms with Crippen molar-refractivity contribution in [1.82, 2.24) is 19.5 Å². The highest BCUT2D eigenvalue weighted by atomic mass is 16.7. The van der Waals surface area contributed by atoms with Gasteiger partial charge in [0.25, 0.3) is 5.69 Å². The van der Waals surface area contributed by atoms with Crippen molar-refractivity contribution in [2.24, 2.45) is 0 Å². The van der Waals surface area contributed by atoms with Gasteiger partial charge in [-0.2, -0.15) is 0 Å². The summed E-state index contributed by atoms with van der Waals surface area (Å²) in [6, 6.07) is 22.7. The summed E-state index contributed by atoms with van der Waals surface area (Å²) >= 11 is 0. The first-order chi connectivity index (χ1) is 25.4. The lowest BCUT2D eigenvalue weighted by molar-refractivity contribution is -0.385. The number of anilines is 1. The lowest BCUT2D eigenvalue weighted by Gasteiger charge is -2.25. The van der Waals surface area contributed by atoms with Crippen LogP contribution in [0.5, 0.6) is 5.75 Å². The molecule has 1 saturated heterocycles. The molecule has 0 bridgehead atoms. The molecule has 2 aromatic heterocycles. The Kier molecular flexibility index (Phi) is 11.0. The maximum Gasteiger partial charge on any atom is 0.509 e. The van der Waals surface area contributed by atoms with Gasteiger partial charge in [0.15, 0.2) is 29.7 Å². The lowest BCUT2D eigenvalue weighted by atomic mass is 9.95. The number of Topliss-reactive ketones (excluding diaryl/α,β-unsaturated/α-hetero) is 1. The van der Waals surface area contributed by atoms with Crippen LogP contribution in [0.25, 0.3) is 22.3 Å². The predicted molar refractivity (Wildman–Crippen MR) is 193 cm³/mol. The fourth-order valence-electron chi connectivity index (χ4n) is 6.05. The van der Waals surface area contributed by atoms with Gasteiger partial charge in [-0.15, -0.1) is 0 Å². The molecule has 6 rings (SSSR count). The minimum atomic E-state index is -1.64. The van der Waals surface area contributed by atoms with E-state index < -0.39 is 53.9 Å². The number of benzene rings is 3. The summed E-state index contributed by atoms with van der Waals surface area (Å²) in [6.07, 6.45) is -3.36. The van der Waals surface area contributed by atoms with Crippen molar-refractivity contribution >= 4 is 34.6 Å². The number of carbonyl (C=O) groups excluding carboxylic acids is 2. The molecule has 1 aliphatic rings. The van der Waals surface area contributed by atoms with Gasteiger partial charge < -0.3 is 29.4 Å². The number of nitro benzene ring substituents is 1. The summed E-state index contributed by atoms with van der Waals surface area (Å²) in [6.45, 7) is 6.82. The van der Waals surface area contributed by atoms with Crippen molar-refractivity contribution in [3.05, 3.63) is 107 Å². The summed E-state index contributed by atoms with van der Waals surface area (Å²) in [4.78, 5) is 51.5. The van der Waals surface area contributed by atoms with Crippen LogP contribution < -0.4 is 10.1 Å². The number of imidazole rings is 1. The van der Waals surface area contributed by atoms with Crippen molar-refractivity contribution in [3.8, 4) is 16.9 Å². The Hall–Kier alpha value is -5.93. The number of ether oxygens (including phenoxy) is 4. The van der Waals surface area contributed by atoms with Gasteiger partial charge in [0.2, 0.25) is 5.78 Å². The number of nitrogens with zero attached hydrogens (tertiary/aromatic N) is 5. The quantitative estimate of drug-likeness (QED) is 0.0790. The number of fused-ring (bicyclic) bond motifs is 1. The second-order valence-electron chi connectivity index (χ2n) is 13.7. The Labute approximate surface area is 305 Å². The van der Waals surface area contributed by atoms with Gasteiger partial charge in [0.05, 0.1) is 17.4 Å². The molecule has 276 valence electrons. The first kappa shape index (κ1) is 36.8. The topological polar surface area (TPSA) is 190 Å². The van der Waals surface area contributed by atoms with Crippen LogP contribution in [0.1, 0.15) is 51.8 Å². The van der Waals surface area contributed by atoms with Crippen LogP contribution in [0.4, 0.5) is 16.3 Å². The van der Waals surface area contributed by atoms with Crippen molar-refractivity contribution in [2.45, 2.75) is 70.1 Å². The molecule has 0 amide bonds. The Morgan fingerprint density at radius 3 is 2.45 bits per heavy atom. The molecule has 0 saturated carbocycles. The van der Waals surface area contributed by atoms with Crippen molar-refractivity contribution in [2.75, 3.05) is 18.5 Å². The number of nitro groups is 1. The van der Waals surface area contributed by atoms with E-state index in [9.17, 15) is 24.8 Å². The zero-order chi connectivity index (χ0) is 37.7. The standard InChI is InChI=1S/C38H40N6O9/c1-23(27-17-25(15-16-28(27)44(48)49)24-11-7-5-8-12-24)19-51-37(47)53-34(30(46)20-50-26-13-9-6-10-14-26)33-29(45)18-31(52-33)43-22-41-32-35(42-38(2,3)4)39-21-40-36(32)43/h5-17,21-23,29,31,33-34,45H,18-20H2,1-4H3,(H,39,40,42)/t23?,29-,31+,33-,34?/m0/s1. The highest BCUT2D eigenvalue weighted by Gasteiger charge is 2.46. The van der Waals surface area contributed by atoms with E-state index in [0.29, 0.717) is 28.3 Å². The van der Waals surface area contributed by atoms with Crippen LogP contribution in [0.15, 0.2) is 91.5 Å². The second-order valence-corrected chi connectivity index (χ2v) is 13.7. The summed E-state index contributed by atoms with van der Waals surface area (Å²) in [5.41, 5.74) is 2.44. The minimum absolute atomic E-state index is 0.0162. The number of carbonyl (C=O) groups is 2. The van der Waals surface area contributed by atoms with E-state index in [-0.39, 0.29) is 24.3 Å². The van der Waals surface area contributed by atoms with Gasteiger partial charge in [-0.05, 0) is 56.2 Å². The lowest BCUT2D eigenvalue weighted by Crippen LogP contribution is -2.45. The van der Waals surface area contributed by atoms with Crippen molar-refractivity contribution in [3.63, 3.8) is 0 Å². The molecule has 15 heteroatoms. The van der Waals surface area contributed by atoms with E-state index in [1.807, 2.05) is 51.1 Å². The molecule has 1 aliphatic heterocycles. The average Bonchev–Trinajstić information content (AvgIpc) is 3.75. The molecule has 1 fully saturated rings. The molecular formula is C38H40N6O9. The smallest absolute Gasteiger partial charge is 0.486 e. The normalized spacial score (nSPS) is 18.2. The SMILES string of the molecule is CC(COC(=O)OC(C(=O)COc1ccccc1)[C@H]1O[C@@H](n2cnc3c(NC(C)(C)C)ncnc32)C[C@@H]1O)c1cc(-c2ccccc2)ccc1[N+](=O)[O-]. The van der Waals surface area contributed by atoms with Crippen LogP contribution in [0.2, 0.25) is 0 Å². The number of para-hydroxylation sites is 1. The molecule has 15 nitrogen and oxygen atoms in total. The third-order valence-electron chi connectivity index (χ3n) is 8.58. The highest BCUT2D eigenvalue weighted by Crippen LogP contribution is 2.35. The number of hydrogen-bond donors (Lipinski definition) is 2. The Balaban J connectivity index is 1.19. The van der Waals surface area contributed by atoms with Crippen LogP contribution in [-0.4, -0.2) is 78.6 Å². The largest absolute Gasteiger partial charge is 0.509 e. The van der Waals surface area contributed by atoms with Crippen molar-refractivity contribution < 1.29 is 38.6 Å². The zero-order valence-electron chi connectivity index (χ0n) is 29.6. The first-order valence-corrected chi connectivity index (χ1v) is 17.0. The van der Waals surface area contributed by atoms with Gasteiger partial charge in [-0.1, -0.05) is 55.5 Å². The number of aliphatic hydroxyl groups is 1. The summed E-state index contributed by atoms with van der Waals surface area (Å²) in [5.74, 6) is -0.400. The third kappa shape index (κ3) is 8.76. The van der Waals surface area contributed by atoms with Gasteiger partial charge in [0.1, 0.15) is 31.0 Å². The number of ketones is 1. The molecule has 5 aromatic rings. The number of aliphatic hydroxyl groups excluding tert-OH is 1. The van der Waals surface area contributed by atoms with Gasteiger partial charge >= 0.3 is 6.16 Å². The first-order valence-electron chi connectivity index (χ1n) is 17.0. The Morgan fingerprint density at radius 2 is 1.75 bits per heavy atom. The van der Waals surface area contributed by atoms with Gasteiger partial charge in [-0.3, -0.25) is 19.5 Å². The fraction of sp³-hybridized carbons (Fsp3) is 0.342.